The number of nitrogen functional groups attached to an aromatic ring is 1. The SMILES string of the molecule is Nc1ccc(CN2CCNC(=O)CC2)c(Cl)c1. The lowest BCUT2D eigenvalue weighted by Crippen LogP contribution is -2.28. The lowest BCUT2D eigenvalue weighted by molar-refractivity contribution is -0.120. The molecule has 0 aromatic heterocycles. The van der Waals surface area contributed by atoms with Crippen molar-refractivity contribution in [1.29, 1.82) is 0 Å². The molecule has 1 heterocycles. The van der Waals surface area contributed by atoms with Crippen LogP contribution in [0.4, 0.5) is 5.69 Å². The first kappa shape index (κ1) is 12.2. The van der Waals surface area contributed by atoms with Crippen LogP contribution < -0.4 is 11.1 Å². The Labute approximate surface area is 106 Å². The van der Waals surface area contributed by atoms with Crippen LogP contribution in [0.15, 0.2) is 18.2 Å². The van der Waals surface area contributed by atoms with E-state index in [0.717, 1.165) is 25.2 Å². The molecule has 1 amide bonds. The second kappa shape index (κ2) is 5.38. The molecule has 1 fully saturated rings. The van der Waals surface area contributed by atoms with E-state index in [9.17, 15) is 4.79 Å². The molecule has 1 aliphatic heterocycles. The van der Waals surface area contributed by atoms with Crippen molar-refractivity contribution in [2.24, 2.45) is 0 Å². The zero-order valence-corrected chi connectivity index (χ0v) is 10.3. The number of nitrogens with one attached hydrogen (secondary N) is 1. The summed E-state index contributed by atoms with van der Waals surface area (Å²) in [5.41, 5.74) is 7.37. The van der Waals surface area contributed by atoms with Gasteiger partial charge in [-0.15, -0.1) is 0 Å². The van der Waals surface area contributed by atoms with Gasteiger partial charge in [-0.25, -0.2) is 0 Å². The standard InChI is InChI=1S/C12H16ClN3O/c13-11-7-10(14)2-1-9(11)8-16-5-3-12(17)15-4-6-16/h1-2,7H,3-6,8,14H2,(H,15,17). The third-order valence-corrected chi connectivity index (χ3v) is 3.23. The normalized spacial score (nSPS) is 17.6. The van der Waals surface area contributed by atoms with Crippen LogP contribution in [0, 0.1) is 0 Å². The summed E-state index contributed by atoms with van der Waals surface area (Å²) >= 11 is 6.13. The predicted octanol–water partition coefficient (Wildman–Crippen LogP) is 1.24. The van der Waals surface area contributed by atoms with Gasteiger partial charge in [-0.2, -0.15) is 0 Å². The molecule has 0 radical (unpaired) electrons. The minimum Gasteiger partial charge on any atom is -0.399 e. The van der Waals surface area contributed by atoms with Crippen molar-refractivity contribution in [1.82, 2.24) is 10.2 Å². The summed E-state index contributed by atoms with van der Waals surface area (Å²) in [5.74, 6) is 0.121. The zero-order valence-electron chi connectivity index (χ0n) is 9.58. The van der Waals surface area contributed by atoms with E-state index in [1.165, 1.54) is 0 Å². The fourth-order valence-electron chi connectivity index (χ4n) is 1.90. The third-order valence-electron chi connectivity index (χ3n) is 2.88. The summed E-state index contributed by atoms with van der Waals surface area (Å²) in [5, 5.41) is 3.54. The van der Waals surface area contributed by atoms with E-state index < -0.39 is 0 Å². The van der Waals surface area contributed by atoms with Gasteiger partial charge < -0.3 is 11.1 Å². The van der Waals surface area contributed by atoms with Gasteiger partial charge in [0.1, 0.15) is 0 Å². The Morgan fingerprint density at radius 2 is 2.24 bits per heavy atom. The number of nitrogens with two attached hydrogens (primary N) is 1. The molecule has 1 aliphatic rings. The Hall–Kier alpha value is -1.26. The first-order valence-electron chi connectivity index (χ1n) is 5.68. The molecular formula is C12H16ClN3O. The highest BCUT2D eigenvalue weighted by Crippen LogP contribution is 2.20. The number of halogens is 1. The van der Waals surface area contributed by atoms with Crippen LogP contribution in [-0.2, 0) is 11.3 Å². The highest BCUT2D eigenvalue weighted by atomic mass is 35.5. The van der Waals surface area contributed by atoms with Crippen molar-refractivity contribution in [2.45, 2.75) is 13.0 Å². The highest BCUT2D eigenvalue weighted by molar-refractivity contribution is 6.31. The second-order valence-electron chi connectivity index (χ2n) is 4.23. The number of rotatable bonds is 2. The molecule has 3 N–H and O–H groups in total. The highest BCUT2D eigenvalue weighted by Gasteiger charge is 2.14. The smallest absolute Gasteiger partial charge is 0.221 e. The van der Waals surface area contributed by atoms with Crippen molar-refractivity contribution >= 4 is 23.2 Å². The first-order valence-corrected chi connectivity index (χ1v) is 6.06. The van der Waals surface area contributed by atoms with E-state index in [0.29, 0.717) is 23.7 Å². The van der Waals surface area contributed by atoms with Crippen molar-refractivity contribution in [3.63, 3.8) is 0 Å². The Morgan fingerprint density at radius 3 is 3.00 bits per heavy atom. The van der Waals surface area contributed by atoms with Gasteiger partial charge in [0, 0.05) is 43.3 Å². The molecular weight excluding hydrogens is 238 g/mol. The van der Waals surface area contributed by atoms with Crippen molar-refractivity contribution in [3.8, 4) is 0 Å². The number of carbonyl (C=O) groups excluding carboxylic acids is 1. The van der Waals surface area contributed by atoms with Gasteiger partial charge in [-0.1, -0.05) is 17.7 Å². The van der Waals surface area contributed by atoms with E-state index in [4.69, 9.17) is 17.3 Å². The minimum absolute atomic E-state index is 0.121. The summed E-state index contributed by atoms with van der Waals surface area (Å²) in [6, 6.07) is 5.55. The van der Waals surface area contributed by atoms with E-state index in [2.05, 4.69) is 10.2 Å². The van der Waals surface area contributed by atoms with Crippen LogP contribution in [0.25, 0.3) is 0 Å². The van der Waals surface area contributed by atoms with Crippen LogP contribution >= 0.6 is 11.6 Å². The number of hydrogen-bond acceptors (Lipinski definition) is 3. The summed E-state index contributed by atoms with van der Waals surface area (Å²) in [4.78, 5) is 13.4. The Morgan fingerprint density at radius 1 is 1.41 bits per heavy atom. The van der Waals surface area contributed by atoms with Gasteiger partial charge in [0.25, 0.3) is 0 Å². The molecule has 1 aromatic rings. The fourth-order valence-corrected chi connectivity index (χ4v) is 2.15. The maximum Gasteiger partial charge on any atom is 0.221 e. The Balaban J connectivity index is 2.02. The number of nitrogens with zero attached hydrogens (tertiary/aromatic N) is 1. The average Bonchev–Trinajstić information content (AvgIpc) is 2.48. The lowest BCUT2D eigenvalue weighted by atomic mass is 10.2. The van der Waals surface area contributed by atoms with Crippen LogP contribution in [-0.4, -0.2) is 30.4 Å². The number of benzene rings is 1. The number of carbonyl (C=O) groups is 1. The van der Waals surface area contributed by atoms with Crippen molar-refractivity contribution in [2.75, 3.05) is 25.4 Å². The van der Waals surface area contributed by atoms with Crippen molar-refractivity contribution in [3.05, 3.63) is 28.8 Å². The van der Waals surface area contributed by atoms with Gasteiger partial charge in [0.2, 0.25) is 5.91 Å². The number of amides is 1. The van der Waals surface area contributed by atoms with Crippen LogP contribution in [0.2, 0.25) is 5.02 Å². The largest absolute Gasteiger partial charge is 0.399 e. The Bertz CT molecular complexity index is 422. The summed E-state index contributed by atoms with van der Waals surface area (Å²) in [6.07, 6.45) is 0.548. The molecule has 92 valence electrons. The average molecular weight is 254 g/mol. The van der Waals surface area contributed by atoms with Gasteiger partial charge >= 0.3 is 0 Å². The molecule has 0 saturated carbocycles. The van der Waals surface area contributed by atoms with Gasteiger partial charge in [0.15, 0.2) is 0 Å². The van der Waals surface area contributed by atoms with Gasteiger partial charge in [0.05, 0.1) is 0 Å². The lowest BCUT2D eigenvalue weighted by Gasteiger charge is -2.19. The minimum atomic E-state index is 0.121. The number of hydrogen-bond donors (Lipinski definition) is 2. The van der Waals surface area contributed by atoms with Crippen molar-refractivity contribution < 1.29 is 4.79 Å². The van der Waals surface area contributed by atoms with E-state index in [1.807, 2.05) is 12.1 Å². The molecule has 17 heavy (non-hydrogen) atoms. The van der Waals surface area contributed by atoms with E-state index >= 15 is 0 Å². The van der Waals surface area contributed by atoms with Crippen LogP contribution in [0.1, 0.15) is 12.0 Å². The van der Waals surface area contributed by atoms with E-state index in [-0.39, 0.29) is 5.91 Å². The summed E-state index contributed by atoms with van der Waals surface area (Å²) in [7, 11) is 0. The fraction of sp³-hybridized carbons (Fsp3) is 0.417. The maximum atomic E-state index is 11.2. The molecule has 0 bridgehead atoms. The monoisotopic (exact) mass is 253 g/mol. The predicted molar refractivity (Wildman–Crippen MR) is 68.8 cm³/mol. The quantitative estimate of drug-likeness (QED) is 0.780. The molecule has 4 nitrogen and oxygen atoms in total. The zero-order chi connectivity index (χ0) is 12.3. The summed E-state index contributed by atoms with van der Waals surface area (Å²) < 4.78 is 0. The topological polar surface area (TPSA) is 58.4 Å². The third kappa shape index (κ3) is 3.35. The van der Waals surface area contributed by atoms with Gasteiger partial charge in [-0.3, -0.25) is 9.69 Å². The molecule has 2 rings (SSSR count). The summed E-state index contributed by atoms with van der Waals surface area (Å²) in [6.45, 7) is 3.08. The Kier molecular flexibility index (Phi) is 3.86. The number of anilines is 1. The maximum absolute atomic E-state index is 11.2. The molecule has 5 heteroatoms. The molecule has 0 spiro atoms. The van der Waals surface area contributed by atoms with Crippen LogP contribution in [0.5, 0.6) is 0 Å². The van der Waals surface area contributed by atoms with E-state index in [1.54, 1.807) is 6.07 Å². The molecule has 0 unspecified atom stereocenters. The van der Waals surface area contributed by atoms with Crippen LogP contribution in [0.3, 0.4) is 0 Å². The van der Waals surface area contributed by atoms with Gasteiger partial charge in [-0.05, 0) is 17.7 Å². The first-order chi connectivity index (χ1) is 8.15. The molecule has 0 aliphatic carbocycles. The molecule has 1 saturated heterocycles. The molecule has 0 atom stereocenters. The molecule has 1 aromatic carbocycles. The second-order valence-corrected chi connectivity index (χ2v) is 4.63.